The van der Waals surface area contributed by atoms with Crippen LogP contribution >= 0.6 is 0 Å². The summed E-state index contributed by atoms with van der Waals surface area (Å²) in [5.74, 6) is 0.887. The minimum atomic E-state index is -3.17. The Balaban J connectivity index is 2.03. The van der Waals surface area contributed by atoms with Crippen LogP contribution in [0.4, 0.5) is 0 Å². The molecule has 1 aliphatic heterocycles. The lowest BCUT2D eigenvalue weighted by molar-refractivity contribution is 0.0215. The van der Waals surface area contributed by atoms with Gasteiger partial charge < -0.3 is 5.11 Å². The van der Waals surface area contributed by atoms with Crippen molar-refractivity contribution in [2.45, 2.75) is 57.6 Å². The third-order valence-electron chi connectivity index (χ3n) is 3.86. The largest absolute Gasteiger partial charge is 0.389 e. The molecule has 17 heavy (non-hydrogen) atoms. The molecule has 2 rings (SSSR count). The quantitative estimate of drug-likeness (QED) is 0.813. The summed E-state index contributed by atoms with van der Waals surface area (Å²) in [4.78, 5) is 0. The van der Waals surface area contributed by atoms with Gasteiger partial charge in [-0.2, -0.15) is 4.31 Å². The van der Waals surface area contributed by atoms with Crippen LogP contribution in [0.5, 0.6) is 0 Å². The molecule has 0 aromatic heterocycles. The molecular weight excluding hydrogens is 238 g/mol. The summed E-state index contributed by atoms with van der Waals surface area (Å²) in [6.45, 7) is 3.97. The Morgan fingerprint density at radius 2 is 1.94 bits per heavy atom. The molecule has 0 amide bonds. The van der Waals surface area contributed by atoms with Crippen molar-refractivity contribution in [3.63, 3.8) is 0 Å². The van der Waals surface area contributed by atoms with Crippen LogP contribution in [-0.2, 0) is 10.0 Å². The van der Waals surface area contributed by atoms with E-state index in [9.17, 15) is 13.5 Å². The average Bonchev–Trinajstić information content (AvgIpc) is 2.87. The van der Waals surface area contributed by atoms with E-state index in [0.717, 1.165) is 19.3 Å². The van der Waals surface area contributed by atoms with Gasteiger partial charge in [-0.15, -0.1) is 0 Å². The zero-order valence-electron chi connectivity index (χ0n) is 10.7. The van der Waals surface area contributed by atoms with Gasteiger partial charge in [0, 0.05) is 6.54 Å². The number of hydrogen-bond acceptors (Lipinski definition) is 3. The lowest BCUT2D eigenvalue weighted by Crippen LogP contribution is -2.48. The summed E-state index contributed by atoms with van der Waals surface area (Å²) in [6, 6.07) is -0.244. The standard InChI is InChI=1S/C12H23NO3S/c1-12(2,14)11-4-3-8-13(11)17(15,16)9-7-10-5-6-10/h10-11,14H,3-9H2,1-2H3. The first-order valence-corrected chi connectivity index (χ1v) is 8.13. The number of nitrogens with zero attached hydrogens (tertiary/aromatic N) is 1. The van der Waals surface area contributed by atoms with E-state index >= 15 is 0 Å². The Hall–Kier alpha value is -0.130. The lowest BCUT2D eigenvalue weighted by atomic mass is 9.98. The SMILES string of the molecule is CC(C)(O)C1CCCN1S(=O)(=O)CCC1CC1. The van der Waals surface area contributed by atoms with Gasteiger partial charge in [-0.3, -0.25) is 0 Å². The summed E-state index contributed by atoms with van der Waals surface area (Å²) < 4.78 is 26.0. The molecule has 100 valence electrons. The van der Waals surface area contributed by atoms with Crippen LogP contribution in [0, 0.1) is 5.92 Å². The highest BCUT2D eigenvalue weighted by molar-refractivity contribution is 7.89. The van der Waals surface area contributed by atoms with Crippen LogP contribution in [0.25, 0.3) is 0 Å². The minimum absolute atomic E-state index is 0.244. The van der Waals surface area contributed by atoms with Crippen LogP contribution in [0.1, 0.15) is 46.0 Å². The molecule has 0 radical (unpaired) electrons. The van der Waals surface area contributed by atoms with Crippen molar-refractivity contribution in [2.75, 3.05) is 12.3 Å². The van der Waals surface area contributed by atoms with E-state index < -0.39 is 15.6 Å². The van der Waals surface area contributed by atoms with Gasteiger partial charge in [0.1, 0.15) is 0 Å². The maximum Gasteiger partial charge on any atom is 0.214 e. The number of hydrogen-bond donors (Lipinski definition) is 1. The molecule has 1 aliphatic carbocycles. The van der Waals surface area contributed by atoms with Gasteiger partial charge in [0.2, 0.25) is 10.0 Å². The Bertz CT molecular complexity index is 368. The highest BCUT2D eigenvalue weighted by Crippen LogP contribution is 2.34. The smallest absolute Gasteiger partial charge is 0.214 e. The Kier molecular flexibility index (Phi) is 3.54. The van der Waals surface area contributed by atoms with Gasteiger partial charge in [-0.1, -0.05) is 12.8 Å². The molecule has 0 bridgehead atoms. The molecule has 2 aliphatic rings. The van der Waals surface area contributed by atoms with Crippen molar-refractivity contribution < 1.29 is 13.5 Å². The van der Waals surface area contributed by atoms with Gasteiger partial charge in [-0.25, -0.2) is 8.42 Å². The Morgan fingerprint density at radius 3 is 2.47 bits per heavy atom. The van der Waals surface area contributed by atoms with E-state index in [1.165, 1.54) is 17.1 Å². The van der Waals surface area contributed by atoms with Crippen LogP contribution in [0.3, 0.4) is 0 Å². The van der Waals surface area contributed by atoms with Crippen molar-refractivity contribution in [3.8, 4) is 0 Å². The fraction of sp³-hybridized carbons (Fsp3) is 1.00. The second-order valence-corrected chi connectivity index (χ2v) is 8.01. The highest BCUT2D eigenvalue weighted by Gasteiger charge is 2.42. The fourth-order valence-electron chi connectivity index (χ4n) is 2.62. The van der Waals surface area contributed by atoms with E-state index in [1.54, 1.807) is 13.8 Å². The summed E-state index contributed by atoms with van der Waals surface area (Å²) in [6.07, 6.45) is 4.79. The topological polar surface area (TPSA) is 57.6 Å². The number of aliphatic hydroxyl groups is 1. The maximum absolute atomic E-state index is 12.2. The molecule has 1 atom stereocenters. The average molecular weight is 261 g/mol. The normalized spacial score (nSPS) is 27.6. The summed E-state index contributed by atoms with van der Waals surface area (Å²) in [5, 5.41) is 10.0. The first kappa shape index (κ1) is 13.3. The van der Waals surface area contributed by atoms with Gasteiger partial charge in [0.05, 0.1) is 17.4 Å². The first-order valence-electron chi connectivity index (χ1n) is 6.52. The van der Waals surface area contributed by atoms with Crippen molar-refractivity contribution in [1.29, 1.82) is 0 Å². The van der Waals surface area contributed by atoms with E-state index in [1.807, 2.05) is 0 Å². The van der Waals surface area contributed by atoms with Crippen molar-refractivity contribution >= 4 is 10.0 Å². The zero-order valence-corrected chi connectivity index (χ0v) is 11.5. The van der Waals surface area contributed by atoms with Crippen molar-refractivity contribution in [2.24, 2.45) is 5.92 Å². The summed E-state index contributed by atoms with van der Waals surface area (Å²) >= 11 is 0. The molecule has 0 aromatic carbocycles. The molecule has 1 N–H and O–H groups in total. The van der Waals surface area contributed by atoms with Gasteiger partial charge >= 0.3 is 0 Å². The third kappa shape index (κ3) is 3.20. The molecule has 0 aromatic rings. The van der Waals surface area contributed by atoms with Crippen LogP contribution in [0.15, 0.2) is 0 Å². The molecular formula is C12H23NO3S. The zero-order chi connectivity index (χ0) is 12.7. The molecule has 1 heterocycles. The van der Waals surface area contributed by atoms with Gasteiger partial charge in [-0.05, 0) is 39.0 Å². The predicted molar refractivity (Wildman–Crippen MR) is 67.2 cm³/mol. The molecule has 2 fully saturated rings. The monoisotopic (exact) mass is 261 g/mol. The Morgan fingerprint density at radius 1 is 1.29 bits per heavy atom. The second kappa shape index (κ2) is 4.52. The number of rotatable bonds is 5. The van der Waals surface area contributed by atoms with Gasteiger partial charge in [0.25, 0.3) is 0 Å². The molecule has 1 unspecified atom stereocenters. The predicted octanol–water partition coefficient (Wildman–Crippen LogP) is 1.35. The summed E-state index contributed by atoms with van der Waals surface area (Å²) in [5.41, 5.74) is -0.941. The molecule has 0 spiro atoms. The van der Waals surface area contributed by atoms with E-state index in [4.69, 9.17) is 0 Å². The van der Waals surface area contributed by atoms with Crippen molar-refractivity contribution in [3.05, 3.63) is 0 Å². The lowest BCUT2D eigenvalue weighted by Gasteiger charge is -2.33. The van der Waals surface area contributed by atoms with Crippen LogP contribution < -0.4 is 0 Å². The van der Waals surface area contributed by atoms with Gasteiger partial charge in [0.15, 0.2) is 0 Å². The highest BCUT2D eigenvalue weighted by atomic mass is 32.2. The van der Waals surface area contributed by atoms with Crippen LogP contribution in [0.2, 0.25) is 0 Å². The fourth-order valence-corrected chi connectivity index (χ4v) is 4.64. The van der Waals surface area contributed by atoms with E-state index in [-0.39, 0.29) is 11.8 Å². The Labute approximate surface area is 104 Å². The first-order chi connectivity index (χ1) is 7.81. The summed E-state index contributed by atoms with van der Waals surface area (Å²) in [7, 11) is -3.17. The molecule has 1 saturated carbocycles. The second-order valence-electron chi connectivity index (χ2n) is 5.97. The maximum atomic E-state index is 12.2. The van der Waals surface area contributed by atoms with Crippen molar-refractivity contribution in [1.82, 2.24) is 4.31 Å². The molecule has 5 heteroatoms. The molecule has 1 saturated heterocycles. The molecule has 4 nitrogen and oxygen atoms in total. The number of sulfonamides is 1. The van der Waals surface area contributed by atoms with Crippen LogP contribution in [-0.4, -0.2) is 41.8 Å². The minimum Gasteiger partial charge on any atom is -0.389 e. The third-order valence-corrected chi connectivity index (χ3v) is 5.76. The van der Waals surface area contributed by atoms with E-state index in [0.29, 0.717) is 12.5 Å². The van der Waals surface area contributed by atoms with E-state index in [2.05, 4.69) is 0 Å².